The first-order chi connectivity index (χ1) is 10.2. The lowest BCUT2D eigenvalue weighted by molar-refractivity contribution is 0.265. The highest BCUT2D eigenvalue weighted by Crippen LogP contribution is 2.39. The lowest BCUT2D eigenvalue weighted by Gasteiger charge is -2.15. The molecule has 0 aliphatic rings. The number of ether oxygens (including phenoxy) is 3. The van der Waals surface area contributed by atoms with E-state index in [1.807, 2.05) is 12.1 Å². The van der Waals surface area contributed by atoms with Gasteiger partial charge in [0.25, 0.3) is 0 Å². The maximum absolute atomic E-state index is 13.2. The monoisotopic (exact) mass is 354 g/mol. The smallest absolute Gasteiger partial charge is 0.203 e. The van der Waals surface area contributed by atoms with Crippen LogP contribution in [0.2, 0.25) is 0 Å². The molecule has 2 rings (SSSR count). The van der Waals surface area contributed by atoms with Crippen molar-refractivity contribution < 1.29 is 18.6 Å². The summed E-state index contributed by atoms with van der Waals surface area (Å²) >= 11 is 3.40. The molecule has 0 aliphatic heterocycles. The largest absolute Gasteiger partial charge is 0.493 e. The fraction of sp³-hybridized carbons (Fsp3) is 0.250. The maximum Gasteiger partial charge on any atom is 0.203 e. The van der Waals surface area contributed by atoms with Crippen LogP contribution in [-0.4, -0.2) is 14.2 Å². The first-order valence-electron chi connectivity index (χ1n) is 6.36. The second-order valence-electron chi connectivity index (χ2n) is 4.38. The highest BCUT2D eigenvalue weighted by molar-refractivity contribution is 9.08. The Hall–Kier alpha value is -1.75. The lowest BCUT2D eigenvalue weighted by Crippen LogP contribution is -2.01. The van der Waals surface area contributed by atoms with E-state index in [1.54, 1.807) is 26.4 Å². The predicted octanol–water partition coefficient (Wildman–Crippen LogP) is 4.32. The van der Waals surface area contributed by atoms with E-state index < -0.39 is 0 Å². The van der Waals surface area contributed by atoms with Gasteiger partial charge in [-0.1, -0.05) is 28.1 Å². The standard InChI is InChI=1S/C16H16BrFO3/c1-19-14-7-12(9-17)8-15(20-2)16(14)21-10-11-4-3-5-13(18)6-11/h3-8H,9-10H2,1-2H3. The Labute approximate surface area is 131 Å². The maximum atomic E-state index is 13.2. The first-order valence-corrected chi connectivity index (χ1v) is 7.48. The van der Waals surface area contributed by atoms with Crippen molar-refractivity contribution in [1.29, 1.82) is 0 Å². The summed E-state index contributed by atoms with van der Waals surface area (Å²) in [6.07, 6.45) is 0. The molecule has 21 heavy (non-hydrogen) atoms. The van der Waals surface area contributed by atoms with Gasteiger partial charge in [0.1, 0.15) is 12.4 Å². The highest BCUT2D eigenvalue weighted by Gasteiger charge is 2.14. The van der Waals surface area contributed by atoms with Crippen molar-refractivity contribution in [3.05, 3.63) is 53.3 Å². The Balaban J connectivity index is 2.26. The van der Waals surface area contributed by atoms with Gasteiger partial charge in [-0.2, -0.15) is 0 Å². The van der Waals surface area contributed by atoms with Crippen LogP contribution in [0, 0.1) is 5.82 Å². The Morgan fingerprint density at radius 2 is 1.67 bits per heavy atom. The van der Waals surface area contributed by atoms with Gasteiger partial charge in [0.2, 0.25) is 5.75 Å². The van der Waals surface area contributed by atoms with Gasteiger partial charge in [0.15, 0.2) is 11.5 Å². The molecule has 0 saturated heterocycles. The number of rotatable bonds is 6. The van der Waals surface area contributed by atoms with Crippen LogP contribution in [-0.2, 0) is 11.9 Å². The van der Waals surface area contributed by atoms with Crippen molar-refractivity contribution >= 4 is 15.9 Å². The predicted molar refractivity (Wildman–Crippen MR) is 82.9 cm³/mol. The summed E-state index contributed by atoms with van der Waals surface area (Å²) in [5, 5.41) is 0.684. The SMILES string of the molecule is COc1cc(CBr)cc(OC)c1OCc1cccc(F)c1. The first kappa shape index (κ1) is 15.6. The van der Waals surface area contributed by atoms with Gasteiger partial charge in [-0.3, -0.25) is 0 Å². The van der Waals surface area contributed by atoms with Crippen LogP contribution in [0.5, 0.6) is 17.2 Å². The molecule has 0 aromatic heterocycles. The van der Waals surface area contributed by atoms with Crippen LogP contribution in [0.25, 0.3) is 0 Å². The van der Waals surface area contributed by atoms with E-state index in [0.717, 1.165) is 11.1 Å². The fourth-order valence-corrected chi connectivity index (χ4v) is 2.26. The number of alkyl halides is 1. The lowest BCUT2D eigenvalue weighted by atomic mass is 10.2. The molecule has 0 N–H and O–H groups in total. The van der Waals surface area contributed by atoms with E-state index in [4.69, 9.17) is 14.2 Å². The second kappa shape index (κ2) is 7.31. The van der Waals surface area contributed by atoms with Crippen molar-refractivity contribution in [3.8, 4) is 17.2 Å². The molecule has 0 saturated carbocycles. The van der Waals surface area contributed by atoms with E-state index >= 15 is 0 Å². The normalized spacial score (nSPS) is 10.3. The molecule has 112 valence electrons. The van der Waals surface area contributed by atoms with Crippen LogP contribution in [0.1, 0.15) is 11.1 Å². The Morgan fingerprint density at radius 1 is 1.00 bits per heavy atom. The van der Waals surface area contributed by atoms with Crippen LogP contribution >= 0.6 is 15.9 Å². The molecule has 2 aromatic carbocycles. The Kier molecular flexibility index (Phi) is 5.44. The number of methoxy groups -OCH3 is 2. The minimum atomic E-state index is -0.287. The number of halogens is 2. The van der Waals surface area contributed by atoms with Crippen LogP contribution < -0.4 is 14.2 Å². The highest BCUT2D eigenvalue weighted by atomic mass is 79.9. The van der Waals surface area contributed by atoms with E-state index in [2.05, 4.69) is 15.9 Å². The third-order valence-corrected chi connectivity index (χ3v) is 3.59. The van der Waals surface area contributed by atoms with E-state index in [0.29, 0.717) is 22.6 Å². The van der Waals surface area contributed by atoms with E-state index in [1.165, 1.54) is 12.1 Å². The topological polar surface area (TPSA) is 27.7 Å². The van der Waals surface area contributed by atoms with Crippen molar-refractivity contribution in [2.45, 2.75) is 11.9 Å². The molecule has 2 aromatic rings. The molecule has 0 fully saturated rings. The van der Waals surface area contributed by atoms with E-state index in [9.17, 15) is 4.39 Å². The molecule has 3 nitrogen and oxygen atoms in total. The molecule has 0 radical (unpaired) electrons. The fourth-order valence-electron chi connectivity index (χ4n) is 1.94. The van der Waals surface area contributed by atoms with Gasteiger partial charge in [0, 0.05) is 5.33 Å². The van der Waals surface area contributed by atoms with E-state index in [-0.39, 0.29) is 12.4 Å². The van der Waals surface area contributed by atoms with Crippen LogP contribution in [0.3, 0.4) is 0 Å². The van der Waals surface area contributed by atoms with Gasteiger partial charge in [-0.05, 0) is 35.4 Å². The van der Waals surface area contributed by atoms with Crippen molar-refractivity contribution in [3.63, 3.8) is 0 Å². The molecule has 0 heterocycles. The number of hydrogen-bond acceptors (Lipinski definition) is 3. The molecule has 0 aliphatic carbocycles. The summed E-state index contributed by atoms with van der Waals surface area (Å²) < 4.78 is 29.6. The summed E-state index contributed by atoms with van der Waals surface area (Å²) in [6, 6.07) is 10.0. The summed E-state index contributed by atoms with van der Waals surface area (Å²) in [7, 11) is 3.14. The van der Waals surface area contributed by atoms with Gasteiger partial charge in [-0.15, -0.1) is 0 Å². The Morgan fingerprint density at radius 3 is 2.19 bits per heavy atom. The van der Waals surface area contributed by atoms with Gasteiger partial charge in [0.05, 0.1) is 14.2 Å². The molecular weight excluding hydrogens is 339 g/mol. The summed E-state index contributed by atoms with van der Waals surface area (Å²) in [4.78, 5) is 0. The number of benzene rings is 2. The minimum Gasteiger partial charge on any atom is -0.493 e. The van der Waals surface area contributed by atoms with Crippen molar-refractivity contribution in [2.24, 2.45) is 0 Å². The molecule has 0 amide bonds. The zero-order valence-electron chi connectivity index (χ0n) is 11.9. The zero-order valence-corrected chi connectivity index (χ0v) is 13.4. The van der Waals surface area contributed by atoms with Crippen LogP contribution in [0.15, 0.2) is 36.4 Å². The molecule has 5 heteroatoms. The van der Waals surface area contributed by atoms with Crippen molar-refractivity contribution in [1.82, 2.24) is 0 Å². The zero-order chi connectivity index (χ0) is 15.2. The summed E-state index contributed by atoms with van der Waals surface area (Å²) in [6.45, 7) is 0.234. The molecular formula is C16H16BrFO3. The number of hydrogen-bond donors (Lipinski definition) is 0. The average Bonchev–Trinajstić information content (AvgIpc) is 2.52. The van der Waals surface area contributed by atoms with Crippen molar-refractivity contribution in [2.75, 3.05) is 14.2 Å². The molecule has 0 spiro atoms. The molecule has 0 atom stereocenters. The molecule has 0 unspecified atom stereocenters. The Bertz CT molecular complexity index is 591. The summed E-state index contributed by atoms with van der Waals surface area (Å²) in [5.74, 6) is 1.39. The quantitative estimate of drug-likeness (QED) is 0.723. The third-order valence-electron chi connectivity index (χ3n) is 2.95. The molecule has 0 bridgehead atoms. The third kappa shape index (κ3) is 3.88. The van der Waals surface area contributed by atoms with Gasteiger partial charge >= 0.3 is 0 Å². The second-order valence-corrected chi connectivity index (χ2v) is 4.94. The average molecular weight is 355 g/mol. The minimum absolute atomic E-state index is 0.234. The van der Waals surface area contributed by atoms with Crippen LogP contribution in [0.4, 0.5) is 4.39 Å². The van der Waals surface area contributed by atoms with Gasteiger partial charge < -0.3 is 14.2 Å². The summed E-state index contributed by atoms with van der Waals surface area (Å²) in [5.41, 5.74) is 1.76. The van der Waals surface area contributed by atoms with Gasteiger partial charge in [-0.25, -0.2) is 4.39 Å².